The summed E-state index contributed by atoms with van der Waals surface area (Å²) in [7, 11) is 0. The number of benzene rings is 2. The molecule has 1 heterocycles. The molecule has 1 atom stereocenters. The van der Waals surface area contributed by atoms with E-state index in [1.807, 2.05) is 30.3 Å². The maximum atomic E-state index is 12.1. The molecular formula is C18H16N4O3S. The number of rotatable bonds is 5. The van der Waals surface area contributed by atoms with Crippen molar-refractivity contribution in [3.63, 3.8) is 0 Å². The van der Waals surface area contributed by atoms with Crippen LogP contribution in [-0.2, 0) is 11.2 Å². The first-order valence-electron chi connectivity index (χ1n) is 7.91. The van der Waals surface area contributed by atoms with Crippen molar-refractivity contribution >= 4 is 34.2 Å². The minimum atomic E-state index is -0.450. The van der Waals surface area contributed by atoms with E-state index in [-0.39, 0.29) is 16.8 Å². The molecule has 2 aromatic carbocycles. The summed E-state index contributed by atoms with van der Waals surface area (Å²) in [5.41, 5.74) is 2.45. The van der Waals surface area contributed by atoms with E-state index in [2.05, 4.69) is 15.5 Å². The molecular weight excluding hydrogens is 352 g/mol. The first kappa shape index (κ1) is 17.8. The van der Waals surface area contributed by atoms with Gasteiger partial charge in [-0.05, 0) is 36.6 Å². The van der Waals surface area contributed by atoms with Gasteiger partial charge in [0.1, 0.15) is 0 Å². The first-order valence-corrected chi connectivity index (χ1v) is 8.79. The standard InChI is InChI=1S/C18H16N4O3S/c1-12(14-7-9-15(10-8-14)22(24)25)20-21-18-19-17(23)16(26-18)11-13-5-3-2-4-6-13/h2-10,16H,11H2,1H3,(H,19,21,23)/b20-12-/t16-/m1/s1. The summed E-state index contributed by atoms with van der Waals surface area (Å²) >= 11 is 1.35. The van der Waals surface area contributed by atoms with Crippen LogP contribution in [0.15, 0.2) is 64.8 Å². The van der Waals surface area contributed by atoms with Gasteiger partial charge >= 0.3 is 0 Å². The van der Waals surface area contributed by atoms with E-state index in [1.54, 1.807) is 19.1 Å². The van der Waals surface area contributed by atoms with Crippen LogP contribution >= 0.6 is 11.8 Å². The van der Waals surface area contributed by atoms with E-state index in [0.717, 1.165) is 11.1 Å². The zero-order chi connectivity index (χ0) is 18.5. The number of hydrogen-bond donors (Lipinski definition) is 1. The first-order chi connectivity index (χ1) is 12.5. The van der Waals surface area contributed by atoms with E-state index in [0.29, 0.717) is 17.3 Å². The average molecular weight is 368 g/mol. The van der Waals surface area contributed by atoms with Crippen molar-refractivity contribution in [1.29, 1.82) is 0 Å². The molecule has 7 nitrogen and oxygen atoms in total. The van der Waals surface area contributed by atoms with Gasteiger partial charge in [0, 0.05) is 12.1 Å². The van der Waals surface area contributed by atoms with Crippen LogP contribution in [0.3, 0.4) is 0 Å². The van der Waals surface area contributed by atoms with E-state index >= 15 is 0 Å². The summed E-state index contributed by atoms with van der Waals surface area (Å²) in [6.07, 6.45) is 0.626. The molecule has 1 amide bonds. The Bertz CT molecular complexity index is 879. The van der Waals surface area contributed by atoms with Crippen LogP contribution in [0, 0.1) is 10.1 Å². The summed E-state index contributed by atoms with van der Waals surface area (Å²) in [5.74, 6) is -0.0826. The molecule has 1 fully saturated rings. The molecule has 0 aliphatic carbocycles. The smallest absolute Gasteiger partial charge is 0.269 e. The van der Waals surface area contributed by atoms with Gasteiger partial charge in [-0.1, -0.05) is 42.1 Å². The van der Waals surface area contributed by atoms with Gasteiger partial charge in [-0.25, -0.2) is 0 Å². The van der Waals surface area contributed by atoms with Gasteiger partial charge in [-0.3, -0.25) is 14.9 Å². The van der Waals surface area contributed by atoms with Crippen LogP contribution in [0.2, 0.25) is 0 Å². The van der Waals surface area contributed by atoms with Crippen LogP contribution in [0.4, 0.5) is 5.69 Å². The number of nitrogens with zero attached hydrogens (tertiary/aromatic N) is 3. The zero-order valence-electron chi connectivity index (χ0n) is 14.0. The van der Waals surface area contributed by atoms with Gasteiger partial charge in [-0.2, -0.15) is 5.10 Å². The molecule has 0 radical (unpaired) electrons. The lowest BCUT2D eigenvalue weighted by Gasteiger charge is -2.04. The predicted molar refractivity (Wildman–Crippen MR) is 102 cm³/mol. The number of carbonyl (C=O) groups is 1. The Labute approximate surface area is 154 Å². The molecule has 1 saturated heterocycles. The third-order valence-corrected chi connectivity index (χ3v) is 4.90. The van der Waals surface area contributed by atoms with Gasteiger partial charge < -0.3 is 5.32 Å². The van der Waals surface area contributed by atoms with Gasteiger partial charge in [0.05, 0.1) is 15.9 Å². The molecule has 8 heteroatoms. The van der Waals surface area contributed by atoms with E-state index in [9.17, 15) is 14.9 Å². The molecule has 132 valence electrons. The fraction of sp³-hybridized carbons (Fsp3) is 0.167. The molecule has 0 saturated carbocycles. The Morgan fingerprint density at radius 2 is 1.88 bits per heavy atom. The maximum absolute atomic E-state index is 12.1. The molecule has 0 bridgehead atoms. The van der Waals surface area contributed by atoms with Crippen LogP contribution in [-0.4, -0.2) is 27.0 Å². The number of non-ortho nitro benzene ring substituents is 1. The van der Waals surface area contributed by atoms with Crippen LogP contribution in [0.5, 0.6) is 0 Å². The number of nitro groups is 1. The minimum Gasteiger partial charge on any atom is -0.303 e. The second-order valence-electron chi connectivity index (χ2n) is 5.68. The Kier molecular flexibility index (Phi) is 5.43. The zero-order valence-corrected chi connectivity index (χ0v) is 14.8. The molecule has 0 aromatic heterocycles. The Morgan fingerprint density at radius 1 is 1.19 bits per heavy atom. The third-order valence-electron chi connectivity index (χ3n) is 3.83. The molecule has 1 aliphatic heterocycles. The van der Waals surface area contributed by atoms with Gasteiger partial charge in [0.15, 0.2) is 5.17 Å². The molecule has 0 spiro atoms. The summed E-state index contributed by atoms with van der Waals surface area (Å²) in [5, 5.41) is 21.9. The van der Waals surface area contributed by atoms with Crippen LogP contribution in [0.25, 0.3) is 0 Å². The molecule has 2 aromatic rings. The fourth-order valence-electron chi connectivity index (χ4n) is 2.42. The molecule has 3 rings (SSSR count). The van der Waals surface area contributed by atoms with E-state index in [1.165, 1.54) is 23.9 Å². The normalized spacial score (nSPS) is 18.8. The maximum Gasteiger partial charge on any atom is 0.269 e. The Balaban J connectivity index is 1.67. The SMILES string of the molecule is C/C(=N/N=C1\NC(=O)[C@@H](Cc2ccccc2)S1)c1ccc([N+](=O)[O-])cc1. The summed E-state index contributed by atoms with van der Waals surface area (Å²) in [6.45, 7) is 1.76. The Morgan fingerprint density at radius 3 is 2.54 bits per heavy atom. The van der Waals surface area contributed by atoms with E-state index in [4.69, 9.17) is 0 Å². The highest BCUT2D eigenvalue weighted by Crippen LogP contribution is 2.23. The highest BCUT2D eigenvalue weighted by atomic mass is 32.2. The predicted octanol–water partition coefficient (Wildman–Crippen LogP) is 3.15. The summed E-state index contributed by atoms with van der Waals surface area (Å²) < 4.78 is 0. The van der Waals surface area contributed by atoms with Crippen LogP contribution in [0.1, 0.15) is 18.1 Å². The second kappa shape index (κ2) is 7.92. The Hall–Kier alpha value is -3.00. The summed E-state index contributed by atoms with van der Waals surface area (Å²) in [4.78, 5) is 22.3. The monoisotopic (exact) mass is 368 g/mol. The minimum absolute atomic E-state index is 0.0234. The van der Waals surface area contributed by atoms with Crippen molar-refractivity contribution in [3.05, 3.63) is 75.8 Å². The van der Waals surface area contributed by atoms with Crippen LogP contribution < -0.4 is 5.32 Å². The van der Waals surface area contributed by atoms with Gasteiger partial charge in [0.25, 0.3) is 5.69 Å². The topological polar surface area (TPSA) is 97.0 Å². The molecule has 1 aliphatic rings. The largest absolute Gasteiger partial charge is 0.303 e. The number of nitro benzene ring substituents is 1. The van der Waals surface area contributed by atoms with Crippen molar-refractivity contribution in [2.45, 2.75) is 18.6 Å². The molecule has 1 N–H and O–H groups in total. The van der Waals surface area contributed by atoms with Crippen molar-refractivity contribution in [2.24, 2.45) is 10.2 Å². The second-order valence-corrected chi connectivity index (χ2v) is 6.87. The third kappa shape index (κ3) is 4.34. The average Bonchev–Trinajstić information content (AvgIpc) is 3.00. The number of thioether (sulfide) groups is 1. The quantitative estimate of drug-likeness (QED) is 0.498. The molecule has 0 unspecified atom stereocenters. The number of amidine groups is 1. The lowest BCUT2D eigenvalue weighted by Crippen LogP contribution is -2.25. The highest BCUT2D eigenvalue weighted by molar-refractivity contribution is 8.15. The van der Waals surface area contributed by atoms with Crippen molar-refractivity contribution in [2.75, 3.05) is 0 Å². The summed E-state index contributed by atoms with van der Waals surface area (Å²) in [6, 6.07) is 15.9. The number of carbonyl (C=O) groups excluding carboxylic acids is 1. The highest BCUT2D eigenvalue weighted by Gasteiger charge is 2.30. The molecule has 26 heavy (non-hydrogen) atoms. The van der Waals surface area contributed by atoms with Crippen molar-refractivity contribution < 1.29 is 9.72 Å². The van der Waals surface area contributed by atoms with Gasteiger partial charge in [-0.15, -0.1) is 5.10 Å². The van der Waals surface area contributed by atoms with Crippen molar-refractivity contribution in [1.82, 2.24) is 5.32 Å². The number of amides is 1. The van der Waals surface area contributed by atoms with Gasteiger partial charge in [0.2, 0.25) is 5.91 Å². The lowest BCUT2D eigenvalue weighted by atomic mass is 10.1. The fourth-order valence-corrected chi connectivity index (χ4v) is 3.38. The van der Waals surface area contributed by atoms with E-state index < -0.39 is 4.92 Å². The number of nitrogens with one attached hydrogen (secondary N) is 1. The lowest BCUT2D eigenvalue weighted by molar-refractivity contribution is -0.384. The van der Waals surface area contributed by atoms with Crippen molar-refractivity contribution in [3.8, 4) is 0 Å². The number of hydrogen-bond acceptors (Lipinski definition) is 6.